The molecule has 2 aliphatic carbocycles. The minimum atomic E-state index is -3.36. The zero-order valence-electron chi connectivity index (χ0n) is 9.54. The first-order chi connectivity index (χ1) is 8.05. The highest BCUT2D eigenvalue weighted by Gasteiger charge is 2.61. The van der Waals surface area contributed by atoms with Crippen molar-refractivity contribution in [1.29, 1.82) is 0 Å². The Hall–Kier alpha value is -0.870. The summed E-state index contributed by atoms with van der Waals surface area (Å²) in [6.07, 6.45) is 3.17. The van der Waals surface area contributed by atoms with Crippen molar-refractivity contribution in [2.24, 2.45) is 5.92 Å². The summed E-state index contributed by atoms with van der Waals surface area (Å²) < 4.78 is 24.8. The molecule has 0 amide bonds. The van der Waals surface area contributed by atoms with E-state index in [9.17, 15) is 13.5 Å². The molecule has 3 nitrogen and oxygen atoms in total. The van der Waals surface area contributed by atoms with E-state index in [2.05, 4.69) is 0 Å². The third-order valence-corrected chi connectivity index (χ3v) is 6.62. The van der Waals surface area contributed by atoms with E-state index in [4.69, 9.17) is 0 Å². The molecule has 2 saturated carbocycles. The monoisotopic (exact) mass is 252 g/mol. The van der Waals surface area contributed by atoms with Gasteiger partial charge in [0.1, 0.15) is 0 Å². The average Bonchev–Trinajstić information content (AvgIpc) is 2.58. The molecule has 0 unspecified atom stereocenters. The lowest BCUT2D eigenvalue weighted by atomic mass is 9.71. The van der Waals surface area contributed by atoms with Crippen molar-refractivity contribution in [3.8, 4) is 0 Å². The summed E-state index contributed by atoms with van der Waals surface area (Å²) in [4.78, 5) is 0.337. The summed E-state index contributed by atoms with van der Waals surface area (Å²) in [5.74, 6) is 0.200. The molecule has 1 aromatic rings. The Morgan fingerprint density at radius 1 is 1.24 bits per heavy atom. The van der Waals surface area contributed by atoms with E-state index in [0.717, 1.165) is 12.8 Å². The summed E-state index contributed by atoms with van der Waals surface area (Å²) in [6.45, 7) is 0. The molecular formula is C13H16O3S. The van der Waals surface area contributed by atoms with E-state index in [1.165, 1.54) is 0 Å². The molecule has 92 valence electrons. The highest BCUT2D eigenvalue weighted by molar-refractivity contribution is 7.92. The van der Waals surface area contributed by atoms with Crippen LogP contribution in [0, 0.1) is 5.92 Å². The van der Waals surface area contributed by atoms with Crippen LogP contribution in [0.5, 0.6) is 0 Å². The molecule has 0 aliphatic heterocycles. The van der Waals surface area contributed by atoms with E-state index >= 15 is 0 Å². The van der Waals surface area contributed by atoms with Gasteiger partial charge in [0.25, 0.3) is 0 Å². The van der Waals surface area contributed by atoms with Crippen molar-refractivity contribution < 1.29 is 13.5 Å². The molecule has 3 atom stereocenters. The number of fused-ring (bicyclic) bond motifs is 1. The quantitative estimate of drug-likeness (QED) is 0.872. The molecule has 0 aromatic heterocycles. The SMILES string of the molecule is O=S(=O)(c1ccccc1)[C@@H]1C[C@@H]2CCC[C@@]21O. The first-order valence-corrected chi connectivity index (χ1v) is 7.61. The maximum absolute atomic E-state index is 12.4. The topological polar surface area (TPSA) is 54.4 Å². The molecular weight excluding hydrogens is 236 g/mol. The number of benzene rings is 1. The van der Waals surface area contributed by atoms with Gasteiger partial charge in [0.05, 0.1) is 15.7 Å². The van der Waals surface area contributed by atoms with Crippen LogP contribution in [0.15, 0.2) is 35.2 Å². The highest BCUT2D eigenvalue weighted by atomic mass is 32.2. The molecule has 0 spiro atoms. The normalized spacial score (nSPS) is 36.3. The fourth-order valence-corrected chi connectivity index (χ4v) is 5.50. The van der Waals surface area contributed by atoms with Crippen LogP contribution in [0.2, 0.25) is 0 Å². The molecule has 0 radical (unpaired) electrons. The number of sulfone groups is 1. The van der Waals surface area contributed by atoms with E-state index in [1.54, 1.807) is 30.3 Å². The molecule has 3 rings (SSSR count). The van der Waals surface area contributed by atoms with Crippen LogP contribution >= 0.6 is 0 Å². The van der Waals surface area contributed by atoms with Crippen LogP contribution in [-0.4, -0.2) is 24.4 Å². The second kappa shape index (κ2) is 3.56. The van der Waals surface area contributed by atoms with Crippen molar-refractivity contribution in [3.63, 3.8) is 0 Å². The lowest BCUT2D eigenvalue weighted by Crippen LogP contribution is -2.59. The zero-order chi connectivity index (χ0) is 12.1. The minimum Gasteiger partial charge on any atom is -0.388 e. The van der Waals surface area contributed by atoms with Crippen molar-refractivity contribution in [2.45, 2.75) is 41.4 Å². The predicted molar refractivity (Wildman–Crippen MR) is 64.3 cm³/mol. The first kappa shape index (κ1) is 11.2. The van der Waals surface area contributed by atoms with Gasteiger partial charge in [-0.2, -0.15) is 0 Å². The Balaban J connectivity index is 1.96. The smallest absolute Gasteiger partial charge is 0.184 e. The fraction of sp³-hybridized carbons (Fsp3) is 0.538. The molecule has 2 fully saturated rings. The summed E-state index contributed by atoms with van der Waals surface area (Å²) in [5, 5.41) is 9.83. The molecule has 0 heterocycles. The summed E-state index contributed by atoms with van der Waals surface area (Å²) in [7, 11) is -3.36. The van der Waals surface area contributed by atoms with Gasteiger partial charge in [0.2, 0.25) is 0 Å². The van der Waals surface area contributed by atoms with Gasteiger partial charge in [-0.05, 0) is 37.3 Å². The van der Waals surface area contributed by atoms with Gasteiger partial charge in [-0.15, -0.1) is 0 Å². The van der Waals surface area contributed by atoms with E-state index in [1.807, 2.05) is 0 Å². The number of hydrogen-bond acceptors (Lipinski definition) is 3. The zero-order valence-corrected chi connectivity index (χ0v) is 10.4. The Kier molecular flexibility index (Phi) is 2.35. The van der Waals surface area contributed by atoms with Crippen molar-refractivity contribution in [3.05, 3.63) is 30.3 Å². The molecule has 4 heteroatoms. The third-order valence-electron chi connectivity index (χ3n) is 4.34. The van der Waals surface area contributed by atoms with Crippen LogP contribution in [0.4, 0.5) is 0 Å². The van der Waals surface area contributed by atoms with Crippen LogP contribution in [0.1, 0.15) is 25.7 Å². The van der Waals surface area contributed by atoms with Gasteiger partial charge in [-0.25, -0.2) is 8.42 Å². The van der Waals surface area contributed by atoms with Gasteiger partial charge < -0.3 is 5.11 Å². The second-order valence-electron chi connectivity index (χ2n) is 5.16. The number of aliphatic hydroxyl groups is 1. The number of hydrogen-bond donors (Lipinski definition) is 1. The van der Waals surface area contributed by atoms with Crippen LogP contribution in [0.25, 0.3) is 0 Å². The Morgan fingerprint density at radius 3 is 2.59 bits per heavy atom. The van der Waals surface area contributed by atoms with Gasteiger partial charge >= 0.3 is 0 Å². The predicted octanol–water partition coefficient (Wildman–Crippen LogP) is 1.76. The summed E-state index contributed by atoms with van der Waals surface area (Å²) in [5.41, 5.74) is -0.950. The van der Waals surface area contributed by atoms with E-state index in [-0.39, 0.29) is 5.92 Å². The fourth-order valence-electron chi connectivity index (χ4n) is 3.30. The molecule has 2 aliphatic rings. The van der Waals surface area contributed by atoms with Crippen molar-refractivity contribution in [2.75, 3.05) is 0 Å². The summed E-state index contributed by atoms with van der Waals surface area (Å²) in [6, 6.07) is 8.47. The molecule has 1 aromatic carbocycles. The molecule has 0 saturated heterocycles. The first-order valence-electron chi connectivity index (χ1n) is 6.06. The summed E-state index contributed by atoms with van der Waals surface area (Å²) >= 11 is 0. The minimum absolute atomic E-state index is 0.200. The van der Waals surface area contributed by atoms with E-state index in [0.29, 0.717) is 17.7 Å². The van der Waals surface area contributed by atoms with Gasteiger partial charge in [0.15, 0.2) is 9.84 Å². The highest BCUT2D eigenvalue weighted by Crippen LogP contribution is 2.54. The maximum Gasteiger partial charge on any atom is 0.184 e. The van der Waals surface area contributed by atoms with Gasteiger partial charge in [-0.1, -0.05) is 24.6 Å². The molecule has 17 heavy (non-hydrogen) atoms. The third kappa shape index (κ3) is 1.47. The molecule has 1 N–H and O–H groups in total. The Morgan fingerprint density at radius 2 is 1.94 bits per heavy atom. The lowest BCUT2D eigenvalue weighted by molar-refractivity contribution is -0.0660. The standard InChI is InChI=1S/C13H16O3S/c14-13-8-4-5-10(13)9-12(13)17(15,16)11-6-2-1-3-7-11/h1-3,6-7,10,12,14H,4-5,8-9H2/t10-,12+,13+/m0/s1. The van der Waals surface area contributed by atoms with E-state index < -0.39 is 20.7 Å². The Labute approximate surface area is 101 Å². The van der Waals surface area contributed by atoms with Crippen molar-refractivity contribution in [1.82, 2.24) is 0 Å². The lowest BCUT2D eigenvalue weighted by Gasteiger charge is -2.47. The van der Waals surface area contributed by atoms with Crippen LogP contribution < -0.4 is 0 Å². The second-order valence-corrected chi connectivity index (χ2v) is 7.29. The van der Waals surface area contributed by atoms with Crippen molar-refractivity contribution >= 4 is 9.84 Å². The maximum atomic E-state index is 12.4. The van der Waals surface area contributed by atoms with Gasteiger partial charge in [0, 0.05) is 0 Å². The van der Waals surface area contributed by atoms with Gasteiger partial charge in [-0.3, -0.25) is 0 Å². The average molecular weight is 252 g/mol. The Bertz CT molecular complexity index is 523. The number of rotatable bonds is 2. The van der Waals surface area contributed by atoms with Crippen LogP contribution in [-0.2, 0) is 9.84 Å². The molecule has 0 bridgehead atoms. The largest absolute Gasteiger partial charge is 0.388 e. The van der Waals surface area contributed by atoms with Crippen LogP contribution in [0.3, 0.4) is 0 Å².